The predicted molar refractivity (Wildman–Crippen MR) is 75.3 cm³/mol. The number of anilines is 1. The largest absolute Gasteiger partial charge is 0.377 e. The molecule has 0 aliphatic carbocycles. The quantitative estimate of drug-likeness (QED) is 0.618. The molecule has 17 heavy (non-hydrogen) atoms. The van der Waals surface area contributed by atoms with Gasteiger partial charge in [-0.2, -0.15) is 0 Å². The van der Waals surface area contributed by atoms with Gasteiger partial charge < -0.3 is 5.73 Å². The molecule has 0 bridgehead atoms. The van der Waals surface area contributed by atoms with Gasteiger partial charge in [0.2, 0.25) is 0 Å². The highest BCUT2D eigenvalue weighted by Crippen LogP contribution is 2.37. The van der Waals surface area contributed by atoms with Crippen LogP contribution in [0.15, 0.2) is 41.5 Å². The Morgan fingerprint density at radius 2 is 2.06 bits per heavy atom. The maximum absolute atomic E-state index is 5.79. The Labute approximate surface area is 104 Å². The highest BCUT2D eigenvalue weighted by atomic mass is 32.2. The number of rotatable bonds is 1. The van der Waals surface area contributed by atoms with Crippen molar-refractivity contribution in [1.29, 1.82) is 0 Å². The van der Waals surface area contributed by atoms with Crippen molar-refractivity contribution >= 4 is 33.4 Å². The highest BCUT2D eigenvalue weighted by Gasteiger charge is 2.20. The molecule has 0 spiro atoms. The van der Waals surface area contributed by atoms with E-state index in [9.17, 15) is 0 Å². The molecule has 0 unspecified atom stereocenters. The second-order valence-corrected chi connectivity index (χ2v) is 4.82. The van der Waals surface area contributed by atoms with E-state index in [-0.39, 0.29) is 0 Å². The van der Waals surface area contributed by atoms with Gasteiger partial charge in [-0.1, -0.05) is 42.1 Å². The summed E-state index contributed by atoms with van der Waals surface area (Å²) in [5.74, 6) is 0. The molecule has 1 aliphatic rings. The summed E-state index contributed by atoms with van der Waals surface area (Å²) in [6, 6.07) is 12.7. The zero-order valence-corrected chi connectivity index (χ0v) is 10.4. The Morgan fingerprint density at radius 3 is 2.82 bits per heavy atom. The normalized spacial score (nSPS) is 14.6. The lowest BCUT2D eigenvalue weighted by molar-refractivity contribution is 0.891. The van der Waals surface area contributed by atoms with Crippen LogP contribution in [0.5, 0.6) is 0 Å². The van der Waals surface area contributed by atoms with Crippen LogP contribution in [0.3, 0.4) is 0 Å². The smallest absolute Gasteiger partial charge is 0.178 e. The van der Waals surface area contributed by atoms with E-state index >= 15 is 0 Å². The van der Waals surface area contributed by atoms with Crippen molar-refractivity contribution in [1.82, 2.24) is 0 Å². The summed E-state index contributed by atoms with van der Waals surface area (Å²) in [5, 5.41) is 9.56. The highest BCUT2D eigenvalue weighted by molar-refractivity contribution is 8.13. The Bertz CT molecular complexity index is 601. The lowest BCUT2D eigenvalue weighted by Crippen LogP contribution is -2.17. The fourth-order valence-corrected chi connectivity index (χ4v) is 2.42. The summed E-state index contributed by atoms with van der Waals surface area (Å²) >= 11 is 1.47. The van der Waals surface area contributed by atoms with E-state index in [1.165, 1.54) is 28.1 Å². The van der Waals surface area contributed by atoms with Gasteiger partial charge in [-0.3, -0.25) is 5.01 Å². The van der Waals surface area contributed by atoms with Crippen molar-refractivity contribution in [3.8, 4) is 0 Å². The molecule has 3 rings (SSSR count). The molecule has 2 N–H and O–H groups in total. The fourth-order valence-electron chi connectivity index (χ4n) is 2.24. The Kier molecular flexibility index (Phi) is 2.44. The van der Waals surface area contributed by atoms with E-state index in [2.05, 4.69) is 41.5 Å². The monoisotopic (exact) mass is 243 g/mol. The predicted octanol–water partition coefficient (Wildman–Crippen LogP) is 2.75. The Hall–Kier alpha value is -1.68. The van der Waals surface area contributed by atoms with E-state index in [1.54, 1.807) is 0 Å². The molecule has 2 aromatic carbocycles. The summed E-state index contributed by atoms with van der Waals surface area (Å²) in [4.78, 5) is 0. The van der Waals surface area contributed by atoms with E-state index < -0.39 is 0 Å². The molecular formula is C13H13N3S. The Morgan fingerprint density at radius 1 is 1.29 bits per heavy atom. The van der Waals surface area contributed by atoms with Gasteiger partial charge >= 0.3 is 0 Å². The zero-order valence-electron chi connectivity index (χ0n) is 9.55. The molecule has 2 aromatic rings. The standard InChI is InChI=1S/C13H13N3S/c1-17-13(14)15-16-8-10-6-2-4-9-5-3-7-11(16)12(9)10/h2-7H,8H2,1H3,(H2,14,15). The minimum absolute atomic E-state index is 0.592. The summed E-state index contributed by atoms with van der Waals surface area (Å²) in [5.41, 5.74) is 8.25. The number of thioether (sulfide) groups is 1. The average Bonchev–Trinajstić information content (AvgIpc) is 2.70. The Balaban J connectivity index is 2.16. The van der Waals surface area contributed by atoms with Crippen LogP contribution in [-0.4, -0.2) is 11.4 Å². The van der Waals surface area contributed by atoms with Crippen LogP contribution in [-0.2, 0) is 6.54 Å². The molecule has 0 saturated carbocycles. The van der Waals surface area contributed by atoms with Gasteiger partial charge in [0.1, 0.15) is 0 Å². The van der Waals surface area contributed by atoms with E-state index in [0.29, 0.717) is 5.17 Å². The van der Waals surface area contributed by atoms with Crippen LogP contribution < -0.4 is 10.7 Å². The van der Waals surface area contributed by atoms with Crippen molar-refractivity contribution in [3.63, 3.8) is 0 Å². The maximum atomic E-state index is 5.79. The van der Waals surface area contributed by atoms with Crippen LogP contribution in [0.25, 0.3) is 10.8 Å². The summed E-state index contributed by atoms with van der Waals surface area (Å²) in [6.45, 7) is 0.804. The van der Waals surface area contributed by atoms with Crippen molar-refractivity contribution in [2.45, 2.75) is 6.54 Å². The van der Waals surface area contributed by atoms with Crippen LogP contribution in [0.2, 0.25) is 0 Å². The van der Waals surface area contributed by atoms with Gasteiger partial charge in [0.05, 0.1) is 12.2 Å². The van der Waals surface area contributed by atoms with Crippen molar-refractivity contribution in [3.05, 3.63) is 42.0 Å². The third kappa shape index (κ3) is 1.65. The summed E-state index contributed by atoms with van der Waals surface area (Å²) in [6.07, 6.45) is 1.93. The van der Waals surface area contributed by atoms with Crippen LogP contribution in [0.1, 0.15) is 5.56 Å². The second-order valence-electron chi connectivity index (χ2n) is 3.99. The van der Waals surface area contributed by atoms with E-state index in [0.717, 1.165) is 12.2 Å². The first-order chi connectivity index (χ1) is 8.29. The number of nitrogens with zero attached hydrogens (tertiary/aromatic N) is 2. The van der Waals surface area contributed by atoms with Crippen molar-refractivity contribution in [2.24, 2.45) is 10.8 Å². The topological polar surface area (TPSA) is 41.6 Å². The van der Waals surface area contributed by atoms with Gasteiger partial charge in [-0.15, -0.1) is 5.10 Å². The lowest BCUT2D eigenvalue weighted by Gasteiger charge is -2.13. The number of amidine groups is 1. The number of hydrazone groups is 1. The van der Waals surface area contributed by atoms with E-state index in [1.807, 2.05) is 11.3 Å². The number of nitrogens with two attached hydrogens (primary N) is 1. The van der Waals surface area contributed by atoms with Crippen molar-refractivity contribution in [2.75, 3.05) is 11.3 Å². The molecule has 1 heterocycles. The molecule has 0 fully saturated rings. The summed E-state index contributed by atoms with van der Waals surface area (Å²) in [7, 11) is 0. The molecule has 1 aliphatic heterocycles. The number of hydrogen-bond acceptors (Lipinski definition) is 3. The zero-order chi connectivity index (χ0) is 11.8. The molecule has 0 aromatic heterocycles. The molecule has 0 atom stereocenters. The average molecular weight is 243 g/mol. The van der Waals surface area contributed by atoms with Gasteiger partial charge in [-0.05, 0) is 23.3 Å². The van der Waals surface area contributed by atoms with Crippen LogP contribution >= 0.6 is 11.8 Å². The number of hydrogen-bond donors (Lipinski definition) is 1. The van der Waals surface area contributed by atoms with Gasteiger partial charge in [0.15, 0.2) is 5.17 Å². The van der Waals surface area contributed by atoms with Gasteiger partial charge in [0.25, 0.3) is 0 Å². The number of benzene rings is 2. The molecule has 3 nitrogen and oxygen atoms in total. The van der Waals surface area contributed by atoms with Crippen LogP contribution in [0, 0.1) is 0 Å². The fraction of sp³-hybridized carbons (Fsp3) is 0.154. The first kappa shape index (κ1) is 10.5. The lowest BCUT2D eigenvalue weighted by atomic mass is 10.1. The second kappa shape index (κ2) is 3.96. The molecule has 0 amide bonds. The van der Waals surface area contributed by atoms with Crippen LogP contribution in [0.4, 0.5) is 5.69 Å². The molecular weight excluding hydrogens is 230 g/mol. The maximum Gasteiger partial charge on any atom is 0.178 e. The molecule has 4 heteroatoms. The SMILES string of the molecule is CSC(N)=NN1Cc2cccc3cccc1c23. The molecule has 0 saturated heterocycles. The third-order valence-electron chi connectivity index (χ3n) is 3.00. The van der Waals surface area contributed by atoms with Gasteiger partial charge in [0, 0.05) is 5.39 Å². The summed E-state index contributed by atoms with van der Waals surface area (Å²) < 4.78 is 0. The third-order valence-corrected chi connectivity index (χ3v) is 3.50. The minimum Gasteiger partial charge on any atom is -0.377 e. The first-order valence-corrected chi connectivity index (χ1v) is 6.68. The molecule has 86 valence electrons. The van der Waals surface area contributed by atoms with Crippen molar-refractivity contribution < 1.29 is 0 Å². The minimum atomic E-state index is 0.592. The van der Waals surface area contributed by atoms with E-state index in [4.69, 9.17) is 5.73 Å². The van der Waals surface area contributed by atoms with Gasteiger partial charge in [-0.25, -0.2) is 0 Å². The first-order valence-electron chi connectivity index (χ1n) is 5.46. The molecule has 0 radical (unpaired) electrons.